The second-order valence-corrected chi connectivity index (χ2v) is 18.5. The number of esters is 1. The molecule has 16 nitrogen and oxygen atoms in total. The van der Waals surface area contributed by atoms with Crippen LogP contribution in [0.2, 0.25) is 0 Å². The SMILES string of the molecule is COC(=O)C(C)(C)NC(=O)C(C)(C)NC(=O)C(C)(C)NC(=O)[C@H](CCSC)NC(=O)[C@H](Cc1cccc(C(=O)c2ccccc2)c1)NC(=O)C(C)(C)NC(=O)OC(C)(C)C. The Kier molecular flexibility index (Phi) is 17.5. The normalized spacial score (nSPS) is 13.1. The van der Waals surface area contributed by atoms with Gasteiger partial charge >= 0.3 is 12.1 Å². The lowest BCUT2D eigenvalue weighted by Gasteiger charge is -2.34. The fourth-order valence-electron chi connectivity index (χ4n) is 5.47. The molecule has 0 unspecified atom stereocenters. The fourth-order valence-corrected chi connectivity index (χ4v) is 5.94. The van der Waals surface area contributed by atoms with Crippen molar-refractivity contribution >= 4 is 59.1 Å². The zero-order valence-corrected chi connectivity index (χ0v) is 37.8. The molecule has 2 rings (SSSR count). The molecule has 0 heterocycles. The minimum Gasteiger partial charge on any atom is -0.467 e. The molecule has 0 spiro atoms. The zero-order valence-electron chi connectivity index (χ0n) is 37.0. The average Bonchev–Trinajstić information content (AvgIpc) is 3.14. The Labute approximate surface area is 357 Å². The van der Waals surface area contributed by atoms with Crippen molar-refractivity contribution in [1.29, 1.82) is 0 Å². The molecular formula is C43H62N6O10S. The Morgan fingerprint density at radius 3 is 1.68 bits per heavy atom. The van der Waals surface area contributed by atoms with Crippen molar-refractivity contribution in [3.8, 4) is 0 Å². The standard InChI is InChI=1S/C43H62N6O10S/c1-39(2,3)59-38(57)49-40(4,5)34(53)45-30(25-26-18-17-21-28(24-26)31(50)27-19-15-14-16-20-27)32(51)44-29(22-23-60-13)33(52)46-41(6,7)35(54)47-42(8,9)36(55)48-43(10,11)37(56)58-12/h14-21,24,29-30H,22-23,25H2,1-13H3,(H,44,51)(H,45,53)(H,46,52)(H,47,54)(H,48,55)(H,49,57)/t29-,30-/m0/s1. The quantitative estimate of drug-likeness (QED) is 0.0888. The number of hydrogen-bond donors (Lipinski definition) is 6. The lowest BCUT2D eigenvalue weighted by atomic mass is 9.96. The van der Waals surface area contributed by atoms with E-state index < -0.39 is 81.4 Å². The van der Waals surface area contributed by atoms with Gasteiger partial charge in [0.15, 0.2) is 5.78 Å². The summed E-state index contributed by atoms with van der Waals surface area (Å²) in [6.45, 7) is 16.5. The van der Waals surface area contributed by atoms with Gasteiger partial charge in [-0.05, 0) is 106 Å². The van der Waals surface area contributed by atoms with Crippen LogP contribution in [0.1, 0.15) is 104 Å². The zero-order chi connectivity index (χ0) is 45.9. The highest BCUT2D eigenvalue weighted by atomic mass is 32.2. The molecule has 330 valence electrons. The smallest absolute Gasteiger partial charge is 0.408 e. The van der Waals surface area contributed by atoms with Crippen molar-refractivity contribution in [3.05, 3.63) is 71.3 Å². The van der Waals surface area contributed by atoms with Crippen molar-refractivity contribution in [1.82, 2.24) is 31.9 Å². The summed E-state index contributed by atoms with van der Waals surface area (Å²) in [5, 5.41) is 15.8. The Bertz CT molecular complexity index is 1910. The Hall–Kier alpha value is -5.45. The van der Waals surface area contributed by atoms with Crippen LogP contribution in [0.3, 0.4) is 0 Å². The van der Waals surface area contributed by atoms with Crippen LogP contribution in [0.25, 0.3) is 0 Å². The first kappa shape index (κ1) is 50.7. The number of ether oxygens (including phenoxy) is 2. The molecule has 0 aromatic heterocycles. The van der Waals surface area contributed by atoms with Crippen LogP contribution in [0.5, 0.6) is 0 Å². The number of amides is 6. The summed E-state index contributed by atoms with van der Waals surface area (Å²) in [7, 11) is 1.18. The number of alkyl carbamates (subject to hydrolysis) is 1. The van der Waals surface area contributed by atoms with Crippen molar-refractivity contribution in [3.63, 3.8) is 0 Å². The predicted octanol–water partition coefficient (Wildman–Crippen LogP) is 3.34. The molecule has 0 saturated carbocycles. The summed E-state index contributed by atoms with van der Waals surface area (Å²) in [5.74, 6) is -4.18. The largest absolute Gasteiger partial charge is 0.467 e. The van der Waals surface area contributed by atoms with E-state index in [9.17, 15) is 38.4 Å². The maximum atomic E-state index is 14.2. The molecule has 0 fully saturated rings. The van der Waals surface area contributed by atoms with Crippen LogP contribution in [0.4, 0.5) is 4.79 Å². The summed E-state index contributed by atoms with van der Waals surface area (Å²) in [5.41, 5.74) is -5.66. The van der Waals surface area contributed by atoms with Crippen molar-refractivity contribution in [2.75, 3.05) is 19.1 Å². The molecular weight excluding hydrogens is 793 g/mol. The highest BCUT2D eigenvalue weighted by molar-refractivity contribution is 7.98. The fraction of sp³-hybridized carbons (Fsp3) is 0.535. The summed E-state index contributed by atoms with van der Waals surface area (Å²) >= 11 is 1.41. The van der Waals surface area contributed by atoms with E-state index >= 15 is 0 Å². The molecule has 6 amide bonds. The van der Waals surface area contributed by atoms with Crippen LogP contribution in [-0.4, -0.2) is 106 Å². The maximum absolute atomic E-state index is 14.2. The van der Waals surface area contributed by atoms with Crippen LogP contribution >= 0.6 is 11.8 Å². The third-order valence-electron chi connectivity index (χ3n) is 9.03. The van der Waals surface area contributed by atoms with Gasteiger partial charge in [-0.1, -0.05) is 48.5 Å². The van der Waals surface area contributed by atoms with Gasteiger partial charge < -0.3 is 41.4 Å². The van der Waals surface area contributed by atoms with E-state index in [0.717, 1.165) is 0 Å². The maximum Gasteiger partial charge on any atom is 0.408 e. The van der Waals surface area contributed by atoms with Gasteiger partial charge in [-0.2, -0.15) is 11.8 Å². The third-order valence-corrected chi connectivity index (χ3v) is 9.67. The molecule has 6 N–H and O–H groups in total. The van der Waals surface area contributed by atoms with E-state index in [4.69, 9.17) is 9.47 Å². The number of methoxy groups -OCH3 is 1. The van der Waals surface area contributed by atoms with Gasteiger partial charge in [0, 0.05) is 17.5 Å². The van der Waals surface area contributed by atoms with Gasteiger partial charge in [-0.3, -0.25) is 28.8 Å². The first-order valence-electron chi connectivity index (χ1n) is 19.4. The van der Waals surface area contributed by atoms with Crippen molar-refractivity contribution < 1.29 is 47.8 Å². The van der Waals surface area contributed by atoms with Gasteiger partial charge in [0.2, 0.25) is 29.5 Å². The van der Waals surface area contributed by atoms with Crippen LogP contribution < -0.4 is 31.9 Å². The third kappa shape index (κ3) is 15.3. The number of thioether (sulfide) groups is 1. The molecule has 0 radical (unpaired) electrons. The molecule has 17 heteroatoms. The van der Waals surface area contributed by atoms with Crippen molar-refractivity contribution in [2.24, 2.45) is 0 Å². The summed E-state index contributed by atoms with van der Waals surface area (Å²) < 4.78 is 10.1. The summed E-state index contributed by atoms with van der Waals surface area (Å²) in [6.07, 6.45) is 0.964. The summed E-state index contributed by atoms with van der Waals surface area (Å²) in [6, 6.07) is 12.7. The van der Waals surface area contributed by atoms with E-state index in [1.165, 1.54) is 74.3 Å². The Morgan fingerprint density at radius 1 is 0.600 bits per heavy atom. The Morgan fingerprint density at radius 2 is 1.13 bits per heavy atom. The number of nitrogens with one attached hydrogen (secondary N) is 6. The van der Waals surface area contributed by atoms with Crippen LogP contribution in [-0.2, 0) is 44.7 Å². The monoisotopic (exact) mass is 854 g/mol. The number of rotatable bonds is 19. The molecule has 2 aromatic carbocycles. The predicted molar refractivity (Wildman–Crippen MR) is 229 cm³/mol. The average molecular weight is 855 g/mol. The van der Waals surface area contributed by atoms with E-state index in [1.54, 1.807) is 75.4 Å². The van der Waals surface area contributed by atoms with E-state index in [0.29, 0.717) is 22.4 Å². The molecule has 0 aliphatic carbocycles. The minimum absolute atomic E-state index is 0.120. The van der Waals surface area contributed by atoms with Crippen molar-refractivity contribution in [2.45, 2.75) is 129 Å². The molecule has 0 saturated heterocycles. The second-order valence-electron chi connectivity index (χ2n) is 17.5. The summed E-state index contributed by atoms with van der Waals surface area (Å²) in [4.78, 5) is 107. The van der Waals surface area contributed by atoms with E-state index in [-0.39, 0.29) is 18.6 Å². The minimum atomic E-state index is -1.62. The molecule has 0 aliphatic rings. The number of ketones is 1. The van der Waals surface area contributed by atoms with Gasteiger partial charge in [0.1, 0.15) is 39.8 Å². The highest BCUT2D eigenvalue weighted by Gasteiger charge is 2.42. The topological polar surface area (TPSA) is 227 Å². The van der Waals surface area contributed by atoms with E-state index in [2.05, 4.69) is 31.9 Å². The first-order chi connectivity index (χ1) is 27.5. The highest BCUT2D eigenvalue weighted by Crippen LogP contribution is 2.17. The van der Waals surface area contributed by atoms with Gasteiger partial charge in [-0.25, -0.2) is 9.59 Å². The van der Waals surface area contributed by atoms with Gasteiger partial charge in [0.25, 0.3) is 0 Å². The van der Waals surface area contributed by atoms with Crippen LogP contribution in [0.15, 0.2) is 54.6 Å². The molecule has 0 bridgehead atoms. The molecule has 2 atom stereocenters. The number of carbonyl (C=O) groups is 8. The molecule has 2 aromatic rings. The molecule has 0 aliphatic heterocycles. The van der Waals surface area contributed by atoms with E-state index in [1.807, 2.05) is 6.26 Å². The molecule has 60 heavy (non-hydrogen) atoms. The number of carbonyl (C=O) groups excluding carboxylic acids is 8. The Balaban J connectivity index is 2.41. The lowest BCUT2D eigenvalue weighted by molar-refractivity contribution is -0.150. The lowest BCUT2D eigenvalue weighted by Crippen LogP contribution is -2.66. The van der Waals surface area contributed by atoms with Gasteiger partial charge in [0.05, 0.1) is 7.11 Å². The first-order valence-corrected chi connectivity index (χ1v) is 20.8. The number of hydrogen-bond acceptors (Lipinski definition) is 11. The second kappa shape index (κ2) is 20.7. The van der Waals surface area contributed by atoms with Gasteiger partial charge in [-0.15, -0.1) is 0 Å². The number of benzene rings is 2. The van der Waals surface area contributed by atoms with Crippen LogP contribution in [0, 0.1) is 0 Å².